The number of halogens is 4. The van der Waals surface area contributed by atoms with Crippen molar-refractivity contribution in [1.29, 1.82) is 0 Å². The van der Waals surface area contributed by atoms with Crippen LogP contribution in [0.25, 0.3) is 0 Å². The fourth-order valence-electron chi connectivity index (χ4n) is 1.46. The van der Waals surface area contributed by atoms with Gasteiger partial charge in [-0.1, -0.05) is 15.9 Å². The molecular formula is C13H6BrF3O. The molecule has 0 aliphatic rings. The normalized spacial score (nSPS) is 10.4. The third kappa shape index (κ3) is 2.31. The van der Waals surface area contributed by atoms with Crippen LogP contribution >= 0.6 is 15.9 Å². The zero-order valence-corrected chi connectivity index (χ0v) is 10.5. The molecule has 0 N–H and O–H groups in total. The standard InChI is InChI=1S/C13H6BrF3O/c14-8-3-1-7(2-4-8)13(18)9-5-6-10(15)12(17)11(9)16/h1-6H. The van der Waals surface area contributed by atoms with Crippen molar-refractivity contribution in [2.75, 3.05) is 0 Å². The molecule has 2 aromatic rings. The first-order valence-corrected chi connectivity index (χ1v) is 5.74. The van der Waals surface area contributed by atoms with Crippen molar-refractivity contribution in [1.82, 2.24) is 0 Å². The largest absolute Gasteiger partial charge is 0.288 e. The maximum absolute atomic E-state index is 13.4. The predicted octanol–water partition coefficient (Wildman–Crippen LogP) is 4.10. The molecule has 0 atom stereocenters. The number of hydrogen-bond acceptors (Lipinski definition) is 1. The summed E-state index contributed by atoms with van der Waals surface area (Å²) in [5, 5.41) is 0. The highest BCUT2D eigenvalue weighted by molar-refractivity contribution is 9.10. The summed E-state index contributed by atoms with van der Waals surface area (Å²) in [4.78, 5) is 11.9. The summed E-state index contributed by atoms with van der Waals surface area (Å²) in [6, 6.07) is 7.79. The minimum absolute atomic E-state index is 0.197. The van der Waals surface area contributed by atoms with E-state index in [4.69, 9.17) is 0 Å². The molecule has 1 nitrogen and oxygen atoms in total. The van der Waals surface area contributed by atoms with Crippen molar-refractivity contribution >= 4 is 21.7 Å². The Morgan fingerprint density at radius 1 is 0.889 bits per heavy atom. The van der Waals surface area contributed by atoms with E-state index in [0.717, 1.165) is 16.6 Å². The SMILES string of the molecule is O=C(c1ccc(Br)cc1)c1ccc(F)c(F)c1F. The molecule has 0 fully saturated rings. The summed E-state index contributed by atoms with van der Waals surface area (Å²) < 4.78 is 40.0. The molecule has 0 bridgehead atoms. The third-order valence-electron chi connectivity index (χ3n) is 2.39. The molecule has 0 aromatic heterocycles. The average molecular weight is 315 g/mol. The summed E-state index contributed by atoms with van der Waals surface area (Å²) in [7, 11) is 0. The minimum Gasteiger partial charge on any atom is -0.288 e. The summed E-state index contributed by atoms with van der Waals surface area (Å²) in [6.45, 7) is 0. The summed E-state index contributed by atoms with van der Waals surface area (Å²) >= 11 is 3.19. The van der Waals surface area contributed by atoms with Gasteiger partial charge in [0.1, 0.15) is 0 Å². The molecule has 0 saturated heterocycles. The summed E-state index contributed by atoms with van der Waals surface area (Å²) in [5.41, 5.74) is -0.292. The molecule has 5 heteroatoms. The van der Waals surface area contributed by atoms with Crippen LogP contribution in [0.15, 0.2) is 40.9 Å². The fourth-order valence-corrected chi connectivity index (χ4v) is 1.72. The zero-order chi connectivity index (χ0) is 13.3. The van der Waals surface area contributed by atoms with Crippen molar-refractivity contribution in [3.8, 4) is 0 Å². The van der Waals surface area contributed by atoms with E-state index in [1.165, 1.54) is 12.1 Å². The van der Waals surface area contributed by atoms with Gasteiger partial charge in [-0.3, -0.25) is 4.79 Å². The molecule has 0 amide bonds. The number of hydrogen-bond donors (Lipinski definition) is 0. The van der Waals surface area contributed by atoms with Crippen molar-refractivity contribution < 1.29 is 18.0 Å². The van der Waals surface area contributed by atoms with Crippen LogP contribution in [0.3, 0.4) is 0 Å². The van der Waals surface area contributed by atoms with Crippen LogP contribution < -0.4 is 0 Å². The van der Waals surface area contributed by atoms with Crippen LogP contribution in [0.5, 0.6) is 0 Å². The van der Waals surface area contributed by atoms with E-state index in [0.29, 0.717) is 0 Å². The Morgan fingerprint density at radius 2 is 1.50 bits per heavy atom. The highest BCUT2D eigenvalue weighted by Crippen LogP contribution is 2.19. The van der Waals surface area contributed by atoms with Gasteiger partial charge >= 0.3 is 0 Å². The lowest BCUT2D eigenvalue weighted by atomic mass is 10.0. The lowest BCUT2D eigenvalue weighted by Crippen LogP contribution is -2.07. The van der Waals surface area contributed by atoms with Gasteiger partial charge in [0, 0.05) is 10.0 Å². The van der Waals surface area contributed by atoms with Crippen molar-refractivity contribution in [2.45, 2.75) is 0 Å². The van der Waals surface area contributed by atoms with Gasteiger partial charge in [0.25, 0.3) is 0 Å². The van der Waals surface area contributed by atoms with Crippen LogP contribution in [-0.2, 0) is 0 Å². The van der Waals surface area contributed by atoms with Crippen molar-refractivity contribution in [3.05, 3.63) is 69.4 Å². The molecular weight excluding hydrogens is 309 g/mol. The second-order valence-corrected chi connectivity index (χ2v) is 4.47. The van der Waals surface area contributed by atoms with Gasteiger partial charge in [0.2, 0.25) is 0 Å². The van der Waals surface area contributed by atoms with E-state index >= 15 is 0 Å². The Hall–Kier alpha value is -1.62. The number of ketones is 1. The molecule has 2 aromatic carbocycles. The average Bonchev–Trinajstić information content (AvgIpc) is 2.36. The minimum atomic E-state index is -1.64. The van der Waals surface area contributed by atoms with Gasteiger partial charge in [0.15, 0.2) is 23.2 Å². The first kappa shape index (κ1) is 12.8. The molecule has 2 rings (SSSR count). The Kier molecular flexibility index (Phi) is 3.52. The molecule has 0 spiro atoms. The number of carbonyl (C=O) groups excluding carboxylic acids is 1. The predicted molar refractivity (Wildman–Crippen MR) is 63.9 cm³/mol. The van der Waals surface area contributed by atoms with Crippen LogP contribution in [0.1, 0.15) is 15.9 Å². The molecule has 92 valence electrons. The van der Waals surface area contributed by atoms with Crippen LogP contribution in [0.4, 0.5) is 13.2 Å². The molecule has 0 unspecified atom stereocenters. The second-order valence-electron chi connectivity index (χ2n) is 3.56. The quantitative estimate of drug-likeness (QED) is 0.602. The lowest BCUT2D eigenvalue weighted by Gasteiger charge is -2.04. The molecule has 0 aliphatic heterocycles. The van der Waals surface area contributed by atoms with E-state index in [1.807, 2.05) is 0 Å². The molecule has 0 saturated carbocycles. The highest BCUT2D eigenvalue weighted by atomic mass is 79.9. The summed E-state index contributed by atoms with van der Waals surface area (Å²) in [5.74, 6) is -5.13. The maximum atomic E-state index is 13.4. The fraction of sp³-hybridized carbons (Fsp3) is 0. The Bertz CT molecular complexity index is 608. The number of benzene rings is 2. The third-order valence-corrected chi connectivity index (χ3v) is 2.91. The van der Waals surface area contributed by atoms with Crippen molar-refractivity contribution in [3.63, 3.8) is 0 Å². The van der Waals surface area contributed by atoms with E-state index in [-0.39, 0.29) is 5.56 Å². The summed E-state index contributed by atoms with van der Waals surface area (Å²) in [6.07, 6.45) is 0. The van der Waals surface area contributed by atoms with E-state index < -0.39 is 28.8 Å². The van der Waals surface area contributed by atoms with Crippen molar-refractivity contribution in [2.24, 2.45) is 0 Å². The Balaban J connectivity index is 2.46. The molecule has 0 heterocycles. The Labute approximate surface area is 109 Å². The van der Waals surface area contributed by atoms with Gasteiger partial charge in [-0.2, -0.15) is 0 Å². The highest BCUT2D eigenvalue weighted by Gasteiger charge is 2.19. The topological polar surface area (TPSA) is 17.1 Å². The molecule has 0 radical (unpaired) electrons. The lowest BCUT2D eigenvalue weighted by molar-refractivity contribution is 0.103. The first-order valence-electron chi connectivity index (χ1n) is 4.94. The van der Waals surface area contributed by atoms with E-state index in [9.17, 15) is 18.0 Å². The first-order chi connectivity index (χ1) is 8.50. The van der Waals surface area contributed by atoms with Gasteiger partial charge in [0.05, 0.1) is 5.56 Å². The smallest absolute Gasteiger partial charge is 0.196 e. The maximum Gasteiger partial charge on any atom is 0.196 e. The van der Waals surface area contributed by atoms with Crippen LogP contribution in [0, 0.1) is 17.5 Å². The second kappa shape index (κ2) is 4.94. The van der Waals surface area contributed by atoms with Crippen LogP contribution in [-0.4, -0.2) is 5.78 Å². The van der Waals surface area contributed by atoms with Gasteiger partial charge in [-0.15, -0.1) is 0 Å². The van der Waals surface area contributed by atoms with Gasteiger partial charge < -0.3 is 0 Å². The van der Waals surface area contributed by atoms with Crippen LogP contribution in [0.2, 0.25) is 0 Å². The van der Waals surface area contributed by atoms with Gasteiger partial charge in [-0.05, 0) is 36.4 Å². The molecule has 0 aliphatic carbocycles. The monoisotopic (exact) mass is 314 g/mol. The zero-order valence-electron chi connectivity index (χ0n) is 8.88. The van der Waals surface area contributed by atoms with E-state index in [1.54, 1.807) is 12.1 Å². The van der Waals surface area contributed by atoms with Gasteiger partial charge in [-0.25, -0.2) is 13.2 Å². The Morgan fingerprint density at radius 3 is 2.11 bits per heavy atom. The molecule has 18 heavy (non-hydrogen) atoms. The number of rotatable bonds is 2. The number of carbonyl (C=O) groups is 1. The van der Waals surface area contributed by atoms with E-state index in [2.05, 4.69) is 15.9 Å².